The van der Waals surface area contributed by atoms with E-state index in [9.17, 15) is 9.65 Å². The number of guanidine groups is 1. The zero-order valence-corrected chi connectivity index (χ0v) is 15.7. The Bertz CT molecular complexity index is 1050. The van der Waals surface area contributed by atoms with E-state index in [0.717, 1.165) is 6.42 Å². The molecule has 6 N–H and O–H groups in total. The topological polar surface area (TPSA) is 158 Å². The van der Waals surface area contributed by atoms with Crippen LogP contribution >= 0.6 is 0 Å². The average molecular weight is 394 g/mol. The van der Waals surface area contributed by atoms with E-state index >= 15 is 0 Å². The van der Waals surface area contributed by atoms with Crippen LogP contribution in [0.1, 0.15) is 41.6 Å². The predicted molar refractivity (Wildman–Crippen MR) is 106 cm³/mol. The summed E-state index contributed by atoms with van der Waals surface area (Å²) in [5.74, 6) is -0.154. The molecule has 0 saturated carbocycles. The SMILES string of the molecule is CCCOCc1ccc(C2N=C(NC#N)Nc3nc(N)c(C#N)c(N)c32)cc1F. The van der Waals surface area contributed by atoms with Crippen LogP contribution in [-0.2, 0) is 11.3 Å². The molecule has 1 unspecified atom stereocenters. The molecule has 10 heteroatoms. The number of nitrogens with one attached hydrogen (secondary N) is 2. The molecule has 0 aliphatic carbocycles. The van der Waals surface area contributed by atoms with Gasteiger partial charge < -0.3 is 21.5 Å². The molecular weight excluding hydrogens is 375 g/mol. The lowest BCUT2D eigenvalue weighted by molar-refractivity contribution is 0.119. The first-order valence-corrected chi connectivity index (χ1v) is 8.85. The Kier molecular flexibility index (Phi) is 5.77. The maximum absolute atomic E-state index is 14.6. The number of aromatic nitrogens is 1. The number of rotatable bonds is 5. The fourth-order valence-electron chi connectivity index (χ4n) is 3.00. The number of fused-ring (bicyclic) bond motifs is 1. The molecular formula is C19H19FN8O. The molecule has 0 radical (unpaired) electrons. The number of nitrogens with zero attached hydrogens (tertiary/aromatic N) is 4. The first kappa shape index (κ1) is 19.9. The number of nitriles is 2. The molecule has 2 aromatic rings. The molecule has 1 aromatic carbocycles. The third-order valence-corrected chi connectivity index (χ3v) is 4.36. The van der Waals surface area contributed by atoms with Gasteiger partial charge in [-0.15, -0.1) is 0 Å². The van der Waals surface area contributed by atoms with E-state index in [1.165, 1.54) is 6.07 Å². The van der Waals surface area contributed by atoms with E-state index in [1.54, 1.807) is 18.3 Å². The van der Waals surface area contributed by atoms with Gasteiger partial charge in [0.15, 0.2) is 6.19 Å². The lowest BCUT2D eigenvalue weighted by Gasteiger charge is -2.26. The number of halogens is 1. The summed E-state index contributed by atoms with van der Waals surface area (Å²) < 4.78 is 20.0. The average Bonchev–Trinajstić information content (AvgIpc) is 2.69. The van der Waals surface area contributed by atoms with Gasteiger partial charge in [0.2, 0.25) is 5.96 Å². The lowest BCUT2D eigenvalue weighted by atomic mass is 9.94. The lowest BCUT2D eigenvalue weighted by Crippen LogP contribution is -2.32. The fraction of sp³-hybridized carbons (Fsp3) is 0.263. The van der Waals surface area contributed by atoms with E-state index in [0.29, 0.717) is 23.3 Å². The minimum Gasteiger partial charge on any atom is -0.397 e. The van der Waals surface area contributed by atoms with Gasteiger partial charge in [0.05, 0.1) is 12.3 Å². The molecule has 0 spiro atoms. The van der Waals surface area contributed by atoms with Crippen molar-refractivity contribution in [2.45, 2.75) is 26.0 Å². The number of anilines is 3. The number of hydrogen-bond donors (Lipinski definition) is 4. The number of nitrogens with two attached hydrogens (primary N) is 2. The monoisotopic (exact) mass is 394 g/mol. The number of benzene rings is 1. The standard InChI is InChI=1S/C19H19FN8O/c1-2-5-29-8-11-4-3-10(6-13(11)20)16-14-15(23)12(7-21)17(24)27-18(14)28-19(26-16)25-9-22/h3-4,6,16H,2,5,8H2,1H3,(H6,23,24,25,26,27,28). The summed E-state index contributed by atoms with van der Waals surface area (Å²) in [6, 6.07) is 5.78. The van der Waals surface area contributed by atoms with Gasteiger partial charge in [-0.2, -0.15) is 10.5 Å². The molecule has 148 valence electrons. The summed E-state index contributed by atoms with van der Waals surface area (Å²) in [4.78, 5) is 8.56. The van der Waals surface area contributed by atoms with Crippen LogP contribution in [0.2, 0.25) is 0 Å². The van der Waals surface area contributed by atoms with Crippen molar-refractivity contribution >= 4 is 23.3 Å². The number of nitrogen functional groups attached to an aromatic ring is 2. The van der Waals surface area contributed by atoms with Crippen molar-refractivity contribution in [1.82, 2.24) is 10.3 Å². The van der Waals surface area contributed by atoms with Gasteiger partial charge in [-0.05, 0) is 18.1 Å². The fourth-order valence-corrected chi connectivity index (χ4v) is 3.00. The molecule has 0 fully saturated rings. The molecule has 0 bridgehead atoms. The molecule has 1 atom stereocenters. The van der Waals surface area contributed by atoms with Gasteiger partial charge in [0.1, 0.15) is 35.1 Å². The van der Waals surface area contributed by atoms with Crippen molar-refractivity contribution in [2.75, 3.05) is 23.4 Å². The van der Waals surface area contributed by atoms with Crippen LogP contribution in [0, 0.1) is 28.6 Å². The highest BCUT2D eigenvalue weighted by molar-refractivity contribution is 5.98. The van der Waals surface area contributed by atoms with Gasteiger partial charge in [-0.1, -0.05) is 19.1 Å². The third kappa shape index (κ3) is 3.88. The molecule has 3 rings (SSSR count). The highest BCUT2D eigenvalue weighted by Gasteiger charge is 2.30. The Morgan fingerprint density at radius 2 is 2.14 bits per heavy atom. The van der Waals surface area contributed by atoms with Crippen LogP contribution in [0.25, 0.3) is 0 Å². The van der Waals surface area contributed by atoms with Crippen LogP contribution in [0.15, 0.2) is 23.2 Å². The Hall–Kier alpha value is -3.89. The Balaban J connectivity index is 2.08. The second kappa shape index (κ2) is 8.42. The summed E-state index contributed by atoms with van der Waals surface area (Å²) >= 11 is 0. The highest BCUT2D eigenvalue weighted by atomic mass is 19.1. The quantitative estimate of drug-likeness (QED) is 0.341. The molecule has 1 aromatic heterocycles. The van der Waals surface area contributed by atoms with Crippen molar-refractivity contribution in [1.29, 1.82) is 10.5 Å². The molecule has 2 heterocycles. The van der Waals surface area contributed by atoms with Crippen molar-refractivity contribution in [3.05, 3.63) is 46.3 Å². The minimum absolute atomic E-state index is 0.0208. The van der Waals surface area contributed by atoms with Crippen molar-refractivity contribution in [3.63, 3.8) is 0 Å². The molecule has 0 amide bonds. The van der Waals surface area contributed by atoms with Gasteiger partial charge in [0, 0.05) is 17.7 Å². The van der Waals surface area contributed by atoms with Crippen LogP contribution in [0.5, 0.6) is 0 Å². The van der Waals surface area contributed by atoms with Gasteiger partial charge >= 0.3 is 0 Å². The molecule has 29 heavy (non-hydrogen) atoms. The summed E-state index contributed by atoms with van der Waals surface area (Å²) in [6.45, 7) is 2.67. The summed E-state index contributed by atoms with van der Waals surface area (Å²) in [5, 5.41) is 23.5. The van der Waals surface area contributed by atoms with Gasteiger partial charge in [0.25, 0.3) is 0 Å². The van der Waals surface area contributed by atoms with Crippen molar-refractivity contribution in [3.8, 4) is 12.3 Å². The summed E-state index contributed by atoms with van der Waals surface area (Å²) in [5.41, 5.74) is 13.4. The number of ether oxygens (including phenoxy) is 1. The van der Waals surface area contributed by atoms with E-state index in [1.807, 2.05) is 13.0 Å². The van der Waals surface area contributed by atoms with Crippen molar-refractivity contribution in [2.24, 2.45) is 4.99 Å². The normalized spacial score (nSPS) is 14.8. The largest absolute Gasteiger partial charge is 0.397 e. The number of pyridine rings is 1. The van der Waals surface area contributed by atoms with Crippen LogP contribution in [-0.4, -0.2) is 17.6 Å². The van der Waals surface area contributed by atoms with Crippen LogP contribution in [0.3, 0.4) is 0 Å². The highest BCUT2D eigenvalue weighted by Crippen LogP contribution is 2.40. The number of aliphatic imine (C=N–C) groups is 1. The molecule has 1 aliphatic heterocycles. The van der Waals surface area contributed by atoms with Crippen molar-refractivity contribution < 1.29 is 9.13 Å². The first-order chi connectivity index (χ1) is 14.0. The van der Waals surface area contributed by atoms with E-state index < -0.39 is 11.9 Å². The van der Waals surface area contributed by atoms with Crippen LogP contribution in [0.4, 0.5) is 21.7 Å². The van der Waals surface area contributed by atoms with Gasteiger partial charge in [-0.25, -0.2) is 14.4 Å². The summed E-state index contributed by atoms with van der Waals surface area (Å²) in [6.07, 6.45) is 2.60. The zero-order valence-electron chi connectivity index (χ0n) is 15.7. The van der Waals surface area contributed by atoms with E-state index in [2.05, 4.69) is 20.6 Å². The third-order valence-electron chi connectivity index (χ3n) is 4.36. The van der Waals surface area contributed by atoms with Crippen LogP contribution < -0.4 is 22.1 Å². The van der Waals surface area contributed by atoms with Gasteiger partial charge in [-0.3, -0.25) is 5.32 Å². The minimum atomic E-state index is -0.789. The second-order valence-corrected chi connectivity index (χ2v) is 6.31. The Labute approximate surface area is 166 Å². The molecule has 0 saturated heterocycles. The second-order valence-electron chi connectivity index (χ2n) is 6.31. The Morgan fingerprint density at radius 3 is 2.79 bits per heavy atom. The zero-order chi connectivity index (χ0) is 21.0. The maximum Gasteiger partial charge on any atom is 0.211 e. The summed E-state index contributed by atoms with van der Waals surface area (Å²) in [7, 11) is 0. The molecule has 9 nitrogen and oxygen atoms in total. The first-order valence-electron chi connectivity index (χ1n) is 8.85. The smallest absolute Gasteiger partial charge is 0.211 e. The Morgan fingerprint density at radius 1 is 1.34 bits per heavy atom. The molecule has 1 aliphatic rings. The predicted octanol–water partition coefficient (Wildman–Crippen LogP) is 2.12. The maximum atomic E-state index is 14.6. The number of hydrogen-bond acceptors (Lipinski definition) is 9. The van der Waals surface area contributed by atoms with E-state index in [-0.39, 0.29) is 35.5 Å². The van der Waals surface area contributed by atoms with E-state index in [4.69, 9.17) is 21.5 Å².